The SMILES string of the molecule is CCN1CCC(c2cccc(C(=O)C(O)c3ccccc3)c2C)CC1. The number of carbonyl (C=O) groups excluding carboxylic acids is 1. The molecule has 1 aliphatic heterocycles. The van der Waals surface area contributed by atoms with Crippen molar-refractivity contribution in [1.82, 2.24) is 4.90 Å². The van der Waals surface area contributed by atoms with Crippen LogP contribution in [0.4, 0.5) is 0 Å². The van der Waals surface area contributed by atoms with Crippen LogP contribution in [0.5, 0.6) is 0 Å². The summed E-state index contributed by atoms with van der Waals surface area (Å²) in [7, 11) is 0. The Kier molecular flexibility index (Phi) is 5.67. The van der Waals surface area contributed by atoms with Crippen molar-refractivity contribution in [2.75, 3.05) is 19.6 Å². The third-order valence-electron chi connectivity index (χ3n) is 5.48. The first-order valence-corrected chi connectivity index (χ1v) is 9.21. The molecule has 1 N–H and O–H groups in total. The van der Waals surface area contributed by atoms with E-state index in [4.69, 9.17) is 0 Å². The number of nitrogens with zero attached hydrogens (tertiary/aromatic N) is 1. The van der Waals surface area contributed by atoms with E-state index in [9.17, 15) is 9.90 Å². The number of rotatable bonds is 5. The number of aliphatic hydroxyl groups excluding tert-OH is 1. The van der Waals surface area contributed by atoms with Gasteiger partial charge in [-0.25, -0.2) is 0 Å². The second-order valence-electron chi connectivity index (χ2n) is 6.91. The van der Waals surface area contributed by atoms with Crippen LogP contribution in [0.1, 0.15) is 58.8 Å². The normalized spacial score (nSPS) is 17.4. The average Bonchev–Trinajstić information content (AvgIpc) is 2.68. The highest BCUT2D eigenvalue weighted by Crippen LogP contribution is 2.32. The molecule has 0 aliphatic carbocycles. The third-order valence-corrected chi connectivity index (χ3v) is 5.48. The Morgan fingerprint density at radius 1 is 1.12 bits per heavy atom. The van der Waals surface area contributed by atoms with Gasteiger partial charge in [0.2, 0.25) is 0 Å². The van der Waals surface area contributed by atoms with Gasteiger partial charge in [0.25, 0.3) is 0 Å². The number of benzene rings is 2. The molecular weight excluding hydrogens is 310 g/mol. The Bertz CT molecular complexity index is 718. The summed E-state index contributed by atoms with van der Waals surface area (Å²) in [5, 5.41) is 10.5. The summed E-state index contributed by atoms with van der Waals surface area (Å²) in [5.74, 6) is 0.293. The Morgan fingerprint density at radius 3 is 2.44 bits per heavy atom. The smallest absolute Gasteiger partial charge is 0.196 e. The van der Waals surface area contributed by atoms with Gasteiger partial charge in [-0.2, -0.15) is 0 Å². The fourth-order valence-corrected chi connectivity index (χ4v) is 3.86. The number of aliphatic hydroxyl groups is 1. The molecule has 132 valence electrons. The van der Waals surface area contributed by atoms with Gasteiger partial charge in [-0.1, -0.05) is 55.5 Å². The van der Waals surface area contributed by atoms with Gasteiger partial charge >= 0.3 is 0 Å². The summed E-state index contributed by atoms with van der Waals surface area (Å²) in [6.07, 6.45) is 1.17. The first kappa shape index (κ1) is 17.8. The monoisotopic (exact) mass is 337 g/mol. The molecule has 2 aromatic rings. The van der Waals surface area contributed by atoms with Crippen LogP contribution in [-0.2, 0) is 0 Å². The van der Waals surface area contributed by atoms with E-state index in [2.05, 4.69) is 17.9 Å². The van der Waals surface area contributed by atoms with E-state index in [0.29, 0.717) is 17.0 Å². The van der Waals surface area contributed by atoms with E-state index in [1.165, 1.54) is 5.56 Å². The number of likely N-dealkylation sites (tertiary alicyclic amines) is 1. The topological polar surface area (TPSA) is 40.5 Å². The minimum absolute atomic E-state index is 0.212. The van der Waals surface area contributed by atoms with E-state index >= 15 is 0 Å². The quantitative estimate of drug-likeness (QED) is 0.835. The maximum atomic E-state index is 12.8. The highest BCUT2D eigenvalue weighted by molar-refractivity contribution is 6.01. The highest BCUT2D eigenvalue weighted by atomic mass is 16.3. The van der Waals surface area contributed by atoms with Crippen molar-refractivity contribution in [3.63, 3.8) is 0 Å². The van der Waals surface area contributed by atoms with Gasteiger partial charge in [-0.15, -0.1) is 0 Å². The molecular formula is C22H27NO2. The lowest BCUT2D eigenvalue weighted by Crippen LogP contribution is -2.32. The lowest BCUT2D eigenvalue weighted by molar-refractivity contribution is 0.0746. The van der Waals surface area contributed by atoms with Crippen molar-refractivity contribution in [1.29, 1.82) is 0 Å². The highest BCUT2D eigenvalue weighted by Gasteiger charge is 2.25. The minimum atomic E-state index is -1.10. The molecule has 2 aromatic carbocycles. The molecule has 0 amide bonds. The molecule has 0 bridgehead atoms. The lowest BCUT2D eigenvalue weighted by Gasteiger charge is -2.32. The third kappa shape index (κ3) is 3.83. The largest absolute Gasteiger partial charge is 0.380 e. The second kappa shape index (κ2) is 7.94. The molecule has 3 rings (SSSR count). The molecule has 0 saturated carbocycles. The van der Waals surface area contributed by atoms with Crippen LogP contribution >= 0.6 is 0 Å². The van der Waals surface area contributed by atoms with E-state index in [-0.39, 0.29) is 5.78 Å². The fourth-order valence-electron chi connectivity index (χ4n) is 3.86. The van der Waals surface area contributed by atoms with Gasteiger partial charge in [0, 0.05) is 5.56 Å². The number of ketones is 1. The summed E-state index contributed by atoms with van der Waals surface area (Å²) < 4.78 is 0. The summed E-state index contributed by atoms with van der Waals surface area (Å²) in [6, 6.07) is 15.1. The van der Waals surface area contributed by atoms with Crippen molar-refractivity contribution in [2.45, 2.75) is 38.7 Å². The molecule has 0 radical (unpaired) electrons. The zero-order chi connectivity index (χ0) is 17.8. The first-order chi connectivity index (χ1) is 12.1. The molecule has 1 heterocycles. The van der Waals surface area contributed by atoms with E-state index < -0.39 is 6.10 Å². The second-order valence-corrected chi connectivity index (χ2v) is 6.91. The number of Topliss-reactive ketones (excluding diaryl/α,β-unsaturated/α-hetero) is 1. The van der Waals surface area contributed by atoms with Gasteiger partial charge in [-0.05, 0) is 62.0 Å². The van der Waals surface area contributed by atoms with Crippen LogP contribution in [0.2, 0.25) is 0 Å². The van der Waals surface area contributed by atoms with Crippen LogP contribution in [0.25, 0.3) is 0 Å². The molecule has 1 atom stereocenters. The average molecular weight is 337 g/mol. The van der Waals surface area contributed by atoms with Crippen molar-refractivity contribution in [3.05, 3.63) is 70.8 Å². The fraction of sp³-hybridized carbons (Fsp3) is 0.409. The molecule has 25 heavy (non-hydrogen) atoms. The van der Waals surface area contributed by atoms with Crippen molar-refractivity contribution in [3.8, 4) is 0 Å². The summed E-state index contributed by atoms with van der Waals surface area (Å²) in [4.78, 5) is 15.3. The van der Waals surface area contributed by atoms with Crippen molar-refractivity contribution < 1.29 is 9.90 Å². The molecule has 1 fully saturated rings. The molecule has 0 aromatic heterocycles. The summed E-state index contributed by atoms with van der Waals surface area (Å²) in [6.45, 7) is 7.56. The van der Waals surface area contributed by atoms with Gasteiger partial charge < -0.3 is 10.0 Å². The molecule has 1 aliphatic rings. The first-order valence-electron chi connectivity index (χ1n) is 9.21. The zero-order valence-corrected chi connectivity index (χ0v) is 15.1. The molecule has 1 unspecified atom stereocenters. The number of hydrogen-bond acceptors (Lipinski definition) is 3. The van der Waals surface area contributed by atoms with Gasteiger partial charge in [-0.3, -0.25) is 4.79 Å². The van der Waals surface area contributed by atoms with Gasteiger partial charge in [0.15, 0.2) is 5.78 Å². The van der Waals surface area contributed by atoms with Crippen LogP contribution in [0.15, 0.2) is 48.5 Å². The Balaban J connectivity index is 1.82. The zero-order valence-electron chi connectivity index (χ0n) is 15.1. The predicted molar refractivity (Wildman–Crippen MR) is 101 cm³/mol. The number of carbonyl (C=O) groups is 1. The minimum Gasteiger partial charge on any atom is -0.380 e. The standard InChI is InChI=1S/C22H27NO2/c1-3-23-14-12-17(13-15-23)19-10-7-11-20(16(19)2)22(25)21(24)18-8-5-4-6-9-18/h4-11,17,21,24H,3,12-15H2,1-2H3. The van der Waals surface area contributed by atoms with Crippen LogP contribution < -0.4 is 0 Å². The Labute approximate surface area is 150 Å². The molecule has 3 nitrogen and oxygen atoms in total. The molecule has 1 saturated heterocycles. The van der Waals surface area contributed by atoms with Gasteiger partial charge in [0.05, 0.1) is 0 Å². The van der Waals surface area contributed by atoms with Crippen LogP contribution in [0.3, 0.4) is 0 Å². The number of piperidine rings is 1. The van der Waals surface area contributed by atoms with Crippen LogP contribution in [-0.4, -0.2) is 35.4 Å². The summed E-state index contributed by atoms with van der Waals surface area (Å²) >= 11 is 0. The van der Waals surface area contributed by atoms with E-state index in [1.807, 2.05) is 37.3 Å². The van der Waals surface area contributed by atoms with Crippen LogP contribution in [0, 0.1) is 6.92 Å². The van der Waals surface area contributed by atoms with Crippen molar-refractivity contribution >= 4 is 5.78 Å². The van der Waals surface area contributed by atoms with E-state index in [1.54, 1.807) is 12.1 Å². The summed E-state index contributed by atoms with van der Waals surface area (Å²) in [5.41, 5.74) is 3.58. The number of hydrogen-bond donors (Lipinski definition) is 1. The molecule has 0 spiro atoms. The maximum Gasteiger partial charge on any atom is 0.196 e. The molecule has 3 heteroatoms. The van der Waals surface area contributed by atoms with Crippen molar-refractivity contribution in [2.24, 2.45) is 0 Å². The lowest BCUT2D eigenvalue weighted by atomic mass is 9.84. The van der Waals surface area contributed by atoms with E-state index in [0.717, 1.165) is 38.0 Å². The van der Waals surface area contributed by atoms with Gasteiger partial charge in [0.1, 0.15) is 6.10 Å². The predicted octanol–water partition coefficient (Wildman–Crippen LogP) is 4.11. The maximum absolute atomic E-state index is 12.8. The Hall–Kier alpha value is -1.97. The Morgan fingerprint density at radius 2 is 1.80 bits per heavy atom.